The van der Waals surface area contributed by atoms with Crippen LogP contribution in [0.25, 0.3) is 5.78 Å². The van der Waals surface area contributed by atoms with E-state index in [0.717, 1.165) is 28.5 Å². The maximum atomic E-state index is 12.9. The van der Waals surface area contributed by atoms with Gasteiger partial charge in [-0.05, 0) is 47.1 Å². The number of carbonyl (C=O) groups is 1. The largest absolute Gasteiger partial charge is 0.294 e. The Morgan fingerprint density at radius 2 is 1.81 bits per heavy atom. The number of hydrogen-bond acceptors (Lipinski definition) is 5. The van der Waals surface area contributed by atoms with Crippen molar-refractivity contribution in [1.82, 2.24) is 19.6 Å². The van der Waals surface area contributed by atoms with E-state index < -0.39 is 0 Å². The highest BCUT2D eigenvalue weighted by molar-refractivity contribution is 7.98. The molecule has 1 unspecified atom stereocenters. The summed E-state index contributed by atoms with van der Waals surface area (Å²) >= 11 is 7.49. The van der Waals surface area contributed by atoms with Crippen LogP contribution >= 0.6 is 23.4 Å². The summed E-state index contributed by atoms with van der Waals surface area (Å²) in [6, 6.07) is 16.4. The SMILES string of the molecule is CC(C)c1ccc(C2CC(=O)c3cn4nc(SCc5ccc(Cl)cc5)nc4nc3C2)cc1. The van der Waals surface area contributed by atoms with Crippen LogP contribution < -0.4 is 0 Å². The van der Waals surface area contributed by atoms with E-state index in [0.29, 0.717) is 28.8 Å². The van der Waals surface area contributed by atoms with Crippen molar-refractivity contribution in [3.8, 4) is 0 Å². The lowest BCUT2D eigenvalue weighted by Crippen LogP contribution is -2.21. The summed E-state index contributed by atoms with van der Waals surface area (Å²) in [6.45, 7) is 4.37. The highest BCUT2D eigenvalue weighted by atomic mass is 35.5. The van der Waals surface area contributed by atoms with E-state index >= 15 is 0 Å². The van der Waals surface area contributed by atoms with Crippen molar-refractivity contribution in [1.29, 1.82) is 0 Å². The average molecular weight is 463 g/mol. The molecule has 2 aromatic heterocycles. The van der Waals surface area contributed by atoms with Gasteiger partial charge < -0.3 is 0 Å². The van der Waals surface area contributed by atoms with Gasteiger partial charge in [-0.15, -0.1) is 5.10 Å². The molecule has 0 radical (unpaired) electrons. The summed E-state index contributed by atoms with van der Waals surface area (Å²) in [5.41, 5.74) is 5.12. The van der Waals surface area contributed by atoms with Gasteiger partial charge in [0.15, 0.2) is 5.78 Å². The molecule has 32 heavy (non-hydrogen) atoms. The molecule has 0 amide bonds. The van der Waals surface area contributed by atoms with Gasteiger partial charge in [0.25, 0.3) is 5.78 Å². The summed E-state index contributed by atoms with van der Waals surface area (Å²) in [4.78, 5) is 22.2. The molecule has 0 bridgehead atoms. The highest BCUT2D eigenvalue weighted by Gasteiger charge is 2.28. The highest BCUT2D eigenvalue weighted by Crippen LogP contribution is 2.33. The monoisotopic (exact) mass is 462 g/mol. The number of fused-ring (bicyclic) bond motifs is 2. The van der Waals surface area contributed by atoms with Crippen LogP contribution in [0.1, 0.15) is 64.8 Å². The Hall–Kier alpha value is -2.70. The molecule has 0 fully saturated rings. The van der Waals surface area contributed by atoms with Crippen LogP contribution in [0.5, 0.6) is 0 Å². The molecule has 4 aromatic rings. The van der Waals surface area contributed by atoms with Gasteiger partial charge in [-0.2, -0.15) is 4.98 Å². The van der Waals surface area contributed by atoms with Gasteiger partial charge in [0, 0.05) is 23.4 Å². The topological polar surface area (TPSA) is 60.2 Å². The minimum atomic E-state index is 0.115. The second-order valence-electron chi connectivity index (χ2n) is 8.51. The minimum Gasteiger partial charge on any atom is -0.294 e. The van der Waals surface area contributed by atoms with Crippen LogP contribution in [-0.2, 0) is 12.2 Å². The fourth-order valence-electron chi connectivity index (χ4n) is 4.04. The van der Waals surface area contributed by atoms with Gasteiger partial charge in [-0.1, -0.05) is 73.6 Å². The van der Waals surface area contributed by atoms with Crippen LogP contribution in [0, 0.1) is 0 Å². The van der Waals surface area contributed by atoms with Crippen molar-refractivity contribution in [2.75, 3.05) is 0 Å². The quantitative estimate of drug-likeness (QED) is 0.335. The molecular weight excluding hydrogens is 440 g/mol. The van der Waals surface area contributed by atoms with Gasteiger partial charge in [-0.25, -0.2) is 9.50 Å². The molecule has 1 aliphatic rings. The Kier molecular flexibility index (Phi) is 5.74. The minimum absolute atomic E-state index is 0.115. The molecule has 1 aliphatic carbocycles. The first-order chi connectivity index (χ1) is 15.5. The zero-order valence-corrected chi connectivity index (χ0v) is 19.5. The Bertz CT molecular complexity index is 1280. The van der Waals surface area contributed by atoms with Crippen molar-refractivity contribution in [2.45, 2.75) is 49.4 Å². The van der Waals surface area contributed by atoms with Crippen molar-refractivity contribution >= 4 is 34.9 Å². The molecule has 162 valence electrons. The average Bonchev–Trinajstić information content (AvgIpc) is 3.19. The number of carbonyl (C=O) groups excluding carboxylic acids is 1. The number of aromatic nitrogens is 4. The Labute approximate surface area is 196 Å². The lowest BCUT2D eigenvalue weighted by molar-refractivity contribution is 0.0962. The van der Waals surface area contributed by atoms with Crippen LogP contribution in [0.3, 0.4) is 0 Å². The van der Waals surface area contributed by atoms with Gasteiger partial charge in [0.1, 0.15) is 0 Å². The number of ketones is 1. The second-order valence-corrected chi connectivity index (χ2v) is 9.88. The normalized spacial score (nSPS) is 16.0. The fourth-order valence-corrected chi connectivity index (χ4v) is 4.95. The van der Waals surface area contributed by atoms with Crippen molar-refractivity contribution in [2.24, 2.45) is 0 Å². The summed E-state index contributed by atoms with van der Waals surface area (Å²) in [5.74, 6) is 2.02. The first kappa shape index (κ1) is 21.2. The molecule has 2 aromatic carbocycles. The van der Waals surface area contributed by atoms with Crippen LogP contribution in [0.4, 0.5) is 0 Å². The molecule has 5 rings (SSSR count). The molecule has 0 saturated carbocycles. The van der Waals surface area contributed by atoms with Gasteiger partial charge in [0.05, 0.1) is 11.3 Å². The number of nitrogens with zero attached hydrogens (tertiary/aromatic N) is 4. The number of benzene rings is 2. The fraction of sp³-hybridized carbons (Fsp3) is 0.280. The van der Waals surface area contributed by atoms with E-state index in [1.165, 1.54) is 22.9 Å². The third kappa shape index (κ3) is 4.30. The Morgan fingerprint density at radius 1 is 1.06 bits per heavy atom. The molecule has 0 aliphatic heterocycles. The number of thioether (sulfide) groups is 1. The summed E-state index contributed by atoms with van der Waals surface area (Å²) in [6.07, 6.45) is 3.02. The number of hydrogen-bond donors (Lipinski definition) is 0. The first-order valence-electron chi connectivity index (χ1n) is 10.7. The summed E-state index contributed by atoms with van der Waals surface area (Å²) < 4.78 is 1.62. The van der Waals surface area contributed by atoms with E-state index in [1.54, 1.807) is 10.7 Å². The zero-order chi connectivity index (χ0) is 22.2. The molecule has 0 saturated heterocycles. The molecule has 5 nitrogen and oxygen atoms in total. The molecular formula is C25H23ClN4OS. The standard InChI is InChI=1S/C25H23ClN4OS/c1-15(2)17-5-7-18(8-6-17)19-11-22-21(23(31)12-19)13-30-24(27-22)28-25(29-30)32-14-16-3-9-20(26)10-4-16/h3-10,13,15,19H,11-12,14H2,1-2H3. The first-order valence-corrected chi connectivity index (χ1v) is 12.1. The van der Waals surface area contributed by atoms with Gasteiger partial charge in [-0.3, -0.25) is 4.79 Å². The van der Waals surface area contributed by atoms with Gasteiger partial charge >= 0.3 is 0 Å². The molecule has 0 N–H and O–H groups in total. The van der Waals surface area contributed by atoms with Crippen molar-refractivity contribution in [3.63, 3.8) is 0 Å². The van der Waals surface area contributed by atoms with Crippen LogP contribution in [0.2, 0.25) is 5.02 Å². The van der Waals surface area contributed by atoms with Crippen LogP contribution in [-0.4, -0.2) is 25.4 Å². The van der Waals surface area contributed by atoms with Crippen molar-refractivity contribution in [3.05, 3.63) is 87.7 Å². The summed E-state index contributed by atoms with van der Waals surface area (Å²) in [5, 5.41) is 5.88. The molecule has 7 heteroatoms. The predicted molar refractivity (Wildman–Crippen MR) is 128 cm³/mol. The summed E-state index contributed by atoms with van der Waals surface area (Å²) in [7, 11) is 0. The van der Waals surface area contributed by atoms with E-state index in [9.17, 15) is 4.79 Å². The predicted octanol–water partition coefficient (Wildman–Crippen LogP) is 6.11. The number of halogens is 1. The van der Waals surface area contributed by atoms with E-state index in [2.05, 4.69) is 48.2 Å². The second kappa shape index (κ2) is 8.68. The molecule has 0 spiro atoms. The Balaban J connectivity index is 1.37. The maximum Gasteiger partial charge on any atom is 0.253 e. The lowest BCUT2D eigenvalue weighted by atomic mass is 9.81. The third-order valence-corrected chi connectivity index (χ3v) is 7.08. The van der Waals surface area contributed by atoms with Crippen molar-refractivity contribution < 1.29 is 4.79 Å². The van der Waals surface area contributed by atoms with E-state index in [-0.39, 0.29) is 11.7 Å². The lowest BCUT2D eigenvalue weighted by Gasteiger charge is -2.23. The Morgan fingerprint density at radius 3 is 2.53 bits per heavy atom. The maximum absolute atomic E-state index is 12.9. The number of Topliss-reactive ketones (excluding diaryl/α,β-unsaturated/α-hetero) is 1. The van der Waals surface area contributed by atoms with Gasteiger partial charge in [0.2, 0.25) is 5.16 Å². The van der Waals surface area contributed by atoms with Crippen LogP contribution in [0.15, 0.2) is 59.9 Å². The molecule has 2 heterocycles. The molecule has 1 atom stereocenters. The smallest absolute Gasteiger partial charge is 0.253 e. The van der Waals surface area contributed by atoms with E-state index in [1.807, 2.05) is 24.3 Å². The third-order valence-electron chi connectivity index (χ3n) is 5.92. The number of rotatable bonds is 5. The zero-order valence-electron chi connectivity index (χ0n) is 18.0. The van der Waals surface area contributed by atoms with E-state index in [4.69, 9.17) is 16.6 Å².